The zero-order valence-electron chi connectivity index (χ0n) is 19.1. The number of amides is 1. The number of hydrogen-bond acceptors (Lipinski definition) is 3. The number of aryl methyl sites for hydroxylation is 2. The molecule has 4 rings (SSSR count). The van der Waals surface area contributed by atoms with E-state index >= 15 is 0 Å². The Balaban J connectivity index is 1.68. The van der Waals surface area contributed by atoms with E-state index in [2.05, 4.69) is 6.08 Å². The predicted octanol–water partition coefficient (Wildman–Crippen LogP) is 6.36. The van der Waals surface area contributed by atoms with Crippen LogP contribution < -0.4 is 9.64 Å². The molecular formula is C28H27NO3. The van der Waals surface area contributed by atoms with Gasteiger partial charge in [-0.05, 0) is 82.7 Å². The average Bonchev–Trinajstić information content (AvgIpc) is 2.74. The molecule has 162 valence electrons. The molecule has 1 aliphatic rings. The fourth-order valence-electron chi connectivity index (χ4n) is 4.12. The first-order chi connectivity index (χ1) is 15.2. The molecule has 1 aliphatic heterocycles. The third kappa shape index (κ3) is 4.09. The van der Waals surface area contributed by atoms with Gasteiger partial charge in [-0.15, -0.1) is 0 Å². The third-order valence-electron chi connectivity index (χ3n) is 5.78. The van der Waals surface area contributed by atoms with Crippen LogP contribution in [0.4, 0.5) is 5.69 Å². The molecule has 4 heteroatoms. The number of carbonyl (C=O) groups excluding carboxylic acids is 2. The summed E-state index contributed by atoms with van der Waals surface area (Å²) in [6, 6.07) is 20.3. The Morgan fingerprint density at radius 2 is 1.34 bits per heavy atom. The highest BCUT2D eigenvalue weighted by atomic mass is 16.5. The van der Waals surface area contributed by atoms with Crippen LogP contribution in [0, 0.1) is 13.8 Å². The molecule has 0 N–H and O–H groups in total. The quantitative estimate of drug-likeness (QED) is 0.362. The number of fused-ring (bicyclic) bond motifs is 1. The van der Waals surface area contributed by atoms with Gasteiger partial charge in [0, 0.05) is 11.1 Å². The van der Waals surface area contributed by atoms with E-state index < -0.39 is 11.5 Å². The number of benzene rings is 3. The Morgan fingerprint density at radius 3 is 1.94 bits per heavy atom. The Morgan fingerprint density at radius 1 is 0.781 bits per heavy atom. The van der Waals surface area contributed by atoms with Gasteiger partial charge in [-0.25, -0.2) is 4.79 Å². The van der Waals surface area contributed by atoms with Gasteiger partial charge in [0.15, 0.2) is 0 Å². The highest BCUT2D eigenvalue weighted by Gasteiger charge is 2.36. The lowest BCUT2D eigenvalue weighted by molar-refractivity contribution is 0.0734. The van der Waals surface area contributed by atoms with Crippen molar-refractivity contribution in [3.8, 4) is 5.75 Å². The van der Waals surface area contributed by atoms with Crippen molar-refractivity contribution >= 4 is 23.1 Å². The van der Waals surface area contributed by atoms with Crippen LogP contribution in [0.1, 0.15) is 58.2 Å². The van der Waals surface area contributed by atoms with Gasteiger partial charge in [-0.2, -0.15) is 0 Å². The van der Waals surface area contributed by atoms with Crippen molar-refractivity contribution < 1.29 is 14.3 Å². The van der Waals surface area contributed by atoms with Gasteiger partial charge in [-0.1, -0.05) is 41.5 Å². The second-order valence-electron chi connectivity index (χ2n) is 8.92. The number of nitrogens with zero attached hydrogens (tertiary/aromatic N) is 1. The van der Waals surface area contributed by atoms with E-state index in [1.54, 1.807) is 18.2 Å². The van der Waals surface area contributed by atoms with Gasteiger partial charge in [0.25, 0.3) is 5.91 Å². The van der Waals surface area contributed by atoms with E-state index in [1.807, 2.05) is 88.0 Å². The molecule has 4 nitrogen and oxygen atoms in total. The van der Waals surface area contributed by atoms with Crippen LogP contribution in [0.25, 0.3) is 5.57 Å². The monoisotopic (exact) mass is 425 g/mol. The van der Waals surface area contributed by atoms with Crippen LogP contribution in [0.2, 0.25) is 0 Å². The normalized spacial score (nSPS) is 14.4. The molecule has 1 heterocycles. The maximum atomic E-state index is 13.5. The average molecular weight is 426 g/mol. The minimum Gasteiger partial charge on any atom is -0.423 e. The van der Waals surface area contributed by atoms with Crippen molar-refractivity contribution in [2.75, 3.05) is 4.90 Å². The molecule has 3 aromatic carbocycles. The first-order valence-corrected chi connectivity index (χ1v) is 10.7. The second kappa shape index (κ2) is 8.12. The third-order valence-corrected chi connectivity index (χ3v) is 5.78. The molecule has 32 heavy (non-hydrogen) atoms. The van der Waals surface area contributed by atoms with Crippen molar-refractivity contribution in [3.05, 3.63) is 101 Å². The molecule has 0 unspecified atom stereocenters. The molecule has 0 atom stereocenters. The van der Waals surface area contributed by atoms with Gasteiger partial charge in [0.2, 0.25) is 0 Å². The Hall–Kier alpha value is -3.66. The fourth-order valence-corrected chi connectivity index (χ4v) is 4.12. The molecule has 3 aromatic rings. The van der Waals surface area contributed by atoms with E-state index in [0.29, 0.717) is 16.9 Å². The minimum atomic E-state index is -0.501. The molecular weight excluding hydrogens is 398 g/mol. The van der Waals surface area contributed by atoms with E-state index in [0.717, 1.165) is 28.0 Å². The summed E-state index contributed by atoms with van der Waals surface area (Å²) in [6.07, 6.45) is 2.08. The van der Waals surface area contributed by atoms with Crippen molar-refractivity contribution in [1.29, 1.82) is 0 Å². The zero-order valence-corrected chi connectivity index (χ0v) is 19.1. The molecule has 0 spiro atoms. The molecule has 1 amide bonds. The lowest BCUT2D eigenvalue weighted by Crippen LogP contribution is -2.49. The Bertz CT molecular complexity index is 1220. The second-order valence-corrected chi connectivity index (χ2v) is 8.92. The Kier molecular flexibility index (Phi) is 5.47. The van der Waals surface area contributed by atoms with Crippen molar-refractivity contribution in [1.82, 2.24) is 0 Å². The minimum absolute atomic E-state index is 0.0654. The largest absolute Gasteiger partial charge is 0.423 e. The number of allylic oxidation sites excluding steroid dienone is 1. The highest BCUT2D eigenvalue weighted by Crippen LogP contribution is 2.41. The van der Waals surface area contributed by atoms with Crippen LogP contribution in [-0.4, -0.2) is 17.4 Å². The smallest absolute Gasteiger partial charge is 0.343 e. The van der Waals surface area contributed by atoms with E-state index in [4.69, 9.17) is 4.74 Å². The fraction of sp³-hybridized carbons (Fsp3) is 0.214. The molecule has 0 saturated carbocycles. The first-order valence-electron chi connectivity index (χ1n) is 10.7. The van der Waals surface area contributed by atoms with Crippen molar-refractivity contribution in [2.45, 2.75) is 40.2 Å². The molecule has 0 aromatic heterocycles. The number of carbonyl (C=O) groups is 2. The maximum absolute atomic E-state index is 13.5. The van der Waals surface area contributed by atoms with Crippen molar-refractivity contribution in [2.24, 2.45) is 0 Å². The van der Waals surface area contributed by atoms with Gasteiger partial charge < -0.3 is 4.74 Å². The standard InChI is InChI=1S/C28H27NO3/c1-18-6-10-21(11-7-18)26(30)29-25-15-14-23(16-24(25)20(3)17-28(29,4)5)32-27(31)22-12-8-19(2)9-13-22/h6-17H,1-5H3. The summed E-state index contributed by atoms with van der Waals surface area (Å²) < 4.78 is 5.63. The van der Waals surface area contributed by atoms with Gasteiger partial charge in [-0.3, -0.25) is 9.69 Å². The molecule has 0 aliphatic carbocycles. The number of rotatable bonds is 3. The summed E-state index contributed by atoms with van der Waals surface area (Å²) in [6.45, 7) is 10.0. The number of esters is 1. The summed E-state index contributed by atoms with van der Waals surface area (Å²) in [5.41, 5.74) is 5.53. The Labute approximate surface area is 189 Å². The van der Waals surface area contributed by atoms with Gasteiger partial charge in [0.1, 0.15) is 5.75 Å². The summed E-state index contributed by atoms with van der Waals surface area (Å²) in [5, 5.41) is 0. The van der Waals surface area contributed by atoms with Crippen LogP contribution in [0.3, 0.4) is 0 Å². The van der Waals surface area contributed by atoms with Crippen LogP contribution in [-0.2, 0) is 0 Å². The van der Waals surface area contributed by atoms with Crippen LogP contribution in [0.5, 0.6) is 5.75 Å². The maximum Gasteiger partial charge on any atom is 0.343 e. The van der Waals surface area contributed by atoms with Crippen LogP contribution in [0.15, 0.2) is 72.8 Å². The summed E-state index contributed by atoms with van der Waals surface area (Å²) in [5.74, 6) is -0.0239. The first kappa shape index (κ1) is 21.6. The number of ether oxygens (including phenoxy) is 1. The number of hydrogen-bond donors (Lipinski definition) is 0. The number of anilines is 1. The summed E-state index contributed by atoms with van der Waals surface area (Å²) in [4.78, 5) is 27.9. The topological polar surface area (TPSA) is 46.6 Å². The predicted molar refractivity (Wildman–Crippen MR) is 128 cm³/mol. The summed E-state index contributed by atoms with van der Waals surface area (Å²) >= 11 is 0. The zero-order chi connectivity index (χ0) is 23.0. The van der Waals surface area contributed by atoms with Gasteiger partial charge in [0.05, 0.1) is 16.8 Å². The van der Waals surface area contributed by atoms with Crippen LogP contribution >= 0.6 is 0 Å². The van der Waals surface area contributed by atoms with E-state index in [9.17, 15) is 9.59 Å². The SMILES string of the molecule is CC1=CC(C)(C)N(C(=O)c2ccc(C)cc2)c2ccc(OC(=O)c3ccc(C)cc3)cc21. The molecule has 0 bridgehead atoms. The van der Waals surface area contributed by atoms with Crippen molar-refractivity contribution in [3.63, 3.8) is 0 Å². The van der Waals surface area contributed by atoms with Gasteiger partial charge >= 0.3 is 5.97 Å². The lowest BCUT2D eigenvalue weighted by Gasteiger charge is -2.41. The van der Waals surface area contributed by atoms with E-state index in [-0.39, 0.29) is 5.91 Å². The lowest BCUT2D eigenvalue weighted by atomic mass is 9.88. The molecule has 0 radical (unpaired) electrons. The molecule has 0 fully saturated rings. The highest BCUT2D eigenvalue weighted by molar-refractivity contribution is 6.10. The van der Waals surface area contributed by atoms with E-state index in [1.165, 1.54) is 0 Å². The summed E-state index contributed by atoms with van der Waals surface area (Å²) in [7, 11) is 0. The molecule has 0 saturated heterocycles.